The monoisotopic (exact) mass is 283 g/mol. The van der Waals surface area contributed by atoms with Crippen LogP contribution in [0, 0.1) is 0 Å². The lowest BCUT2D eigenvalue weighted by atomic mass is 9.97. The highest BCUT2D eigenvalue weighted by Gasteiger charge is 2.20. The molecule has 110 valence electrons. The van der Waals surface area contributed by atoms with E-state index < -0.39 is 5.60 Å². The second-order valence-corrected chi connectivity index (χ2v) is 5.29. The Kier molecular flexibility index (Phi) is 4.76. The molecule has 0 radical (unpaired) electrons. The van der Waals surface area contributed by atoms with Crippen LogP contribution >= 0.6 is 0 Å². The lowest BCUT2D eigenvalue weighted by Gasteiger charge is -2.20. The van der Waals surface area contributed by atoms with Crippen molar-refractivity contribution in [3.8, 4) is 0 Å². The average molecular weight is 283 g/mol. The number of aliphatic hydroxyl groups is 1. The molecule has 0 unspecified atom stereocenters. The van der Waals surface area contributed by atoms with E-state index in [1.807, 2.05) is 61.5 Å². The second kappa shape index (κ2) is 6.55. The summed E-state index contributed by atoms with van der Waals surface area (Å²) in [5.41, 5.74) is 1.47. The van der Waals surface area contributed by atoms with Crippen LogP contribution in [-0.2, 0) is 10.3 Å². The summed E-state index contributed by atoms with van der Waals surface area (Å²) in [6, 6.07) is 17.3. The van der Waals surface area contributed by atoms with Gasteiger partial charge in [0, 0.05) is 11.1 Å². The Bertz CT molecular complexity index is 613. The molecule has 0 spiro atoms. The van der Waals surface area contributed by atoms with E-state index in [0.717, 1.165) is 16.8 Å². The Labute approximate surface area is 125 Å². The van der Waals surface area contributed by atoms with E-state index in [9.17, 15) is 5.11 Å². The van der Waals surface area contributed by atoms with Crippen molar-refractivity contribution in [2.45, 2.75) is 26.4 Å². The van der Waals surface area contributed by atoms with Crippen LogP contribution in [0.25, 0.3) is 0 Å². The summed E-state index contributed by atoms with van der Waals surface area (Å²) in [6.07, 6.45) is 0. The maximum absolute atomic E-state index is 10.3. The fourth-order valence-corrected chi connectivity index (χ4v) is 2.10. The van der Waals surface area contributed by atoms with Gasteiger partial charge in [-0.15, -0.1) is 0 Å². The Morgan fingerprint density at radius 3 is 2.29 bits per heavy atom. The molecule has 2 aromatic carbocycles. The second-order valence-electron chi connectivity index (χ2n) is 5.29. The minimum Gasteiger partial charge on any atom is -0.478 e. The van der Waals surface area contributed by atoms with Gasteiger partial charge in [0.05, 0.1) is 17.9 Å². The molecule has 0 saturated heterocycles. The topological polar surface area (TPSA) is 41.8 Å². The predicted octanol–water partition coefficient (Wildman–Crippen LogP) is 4.03. The molecule has 3 nitrogen and oxygen atoms in total. The van der Waals surface area contributed by atoms with E-state index >= 15 is 0 Å². The molecule has 0 heterocycles. The Hall–Kier alpha value is -2.13. The zero-order chi connectivity index (χ0) is 15.3. The third-order valence-corrected chi connectivity index (χ3v) is 3.09. The molecular formula is C18H21NO2. The van der Waals surface area contributed by atoms with Gasteiger partial charge in [0.15, 0.2) is 0 Å². The maximum Gasteiger partial charge on any atom is 0.221 e. The number of ether oxygens (including phenoxy) is 1. The van der Waals surface area contributed by atoms with Gasteiger partial charge in [0.2, 0.25) is 5.90 Å². The zero-order valence-electron chi connectivity index (χ0n) is 12.7. The van der Waals surface area contributed by atoms with E-state index in [1.54, 1.807) is 13.8 Å². The average Bonchev–Trinajstić information content (AvgIpc) is 2.47. The first-order valence-electron chi connectivity index (χ1n) is 7.11. The predicted molar refractivity (Wildman–Crippen MR) is 86.0 cm³/mol. The van der Waals surface area contributed by atoms with Crippen LogP contribution in [0.5, 0.6) is 0 Å². The van der Waals surface area contributed by atoms with Crippen molar-refractivity contribution in [3.05, 3.63) is 65.7 Å². The first-order valence-corrected chi connectivity index (χ1v) is 7.11. The quantitative estimate of drug-likeness (QED) is 0.680. The summed E-state index contributed by atoms with van der Waals surface area (Å²) in [5.74, 6) is 0.565. The van der Waals surface area contributed by atoms with E-state index in [-0.39, 0.29) is 0 Å². The van der Waals surface area contributed by atoms with E-state index in [1.165, 1.54) is 0 Å². The maximum atomic E-state index is 10.3. The first kappa shape index (κ1) is 15.3. The van der Waals surface area contributed by atoms with Crippen LogP contribution in [0.3, 0.4) is 0 Å². The molecule has 0 amide bonds. The van der Waals surface area contributed by atoms with Gasteiger partial charge >= 0.3 is 0 Å². The van der Waals surface area contributed by atoms with E-state index in [4.69, 9.17) is 4.74 Å². The summed E-state index contributed by atoms with van der Waals surface area (Å²) in [6.45, 7) is 5.98. The van der Waals surface area contributed by atoms with Gasteiger partial charge in [-0.25, -0.2) is 4.99 Å². The van der Waals surface area contributed by atoms with Crippen molar-refractivity contribution in [3.63, 3.8) is 0 Å². The third kappa shape index (κ3) is 3.92. The molecule has 1 N–H and O–H groups in total. The van der Waals surface area contributed by atoms with Gasteiger partial charge in [-0.05, 0) is 39.0 Å². The zero-order valence-corrected chi connectivity index (χ0v) is 12.7. The molecule has 0 aliphatic heterocycles. The summed E-state index contributed by atoms with van der Waals surface area (Å²) in [4.78, 5) is 4.62. The van der Waals surface area contributed by atoms with Gasteiger partial charge in [0.25, 0.3) is 0 Å². The van der Waals surface area contributed by atoms with Crippen molar-refractivity contribution < 1.29 is 9.84 Å². The van der Waals surface area contributed by atoms with Crippen LogP contribution in [0.2, 0.25) is 0 Å². The molecule has 0 atom stereocenters. The van der Waals surface area contributed by atoms with Gasteiger partial charge in [-0.2, -0.15) is 0 Å². The minimum absolute atomic E-state index is 0.540. The fraction of sp³-hybridized carbons (Fsp3) is 0.278. The number of hydrogen-bond donors (Lipinski definition) is 1. The molecule has 0 aliphatic carbocycles. The Morgan fingerprint density at radius 1 is 1.05 bits per heavy atom. The smallest absolute Gasteiger partial charge is 0.221 e. The number of nitrogens with zero attached hydrogens (tertiary/aromatic N) is 1. The van der Waals surface area contributed by atoms with Crippen LogP contribution < -0.4 is 0 Å². The van der Waals surface area contributed by atoms with Crippen molar-refractivity contribution in [1.29, 1.82) is 0 Å². The van der Waals surface area contributed by atoms with Gasteiger partial charge < -0.3 is 9.84 Å². The van der Waals surface area contributed by atoms with E-state index in [2.05, 4.69) is 4.99 Å². The van der Waals surface area contributed by atoms with Crippen molar-refractivity contribution >= 4 is 11.6 Å². The molecule has 0 saturated carbocycles. The van der Waals surface area contributed by atoms with Gasteiger partial charge in [-0.1, -0.05) is 36.4 Å². The first-order chi connectivity index (χ1) is 10.0. The van der Waals surface area contributed by atoms with Crippen molar-refractivity contribution in [1.82, 2.24) is 0 Å². The highest BCUT2D eigenvalue weighted by atomic mass is 16.5. The van der Waals surface area contributed by atoms with Crippen molar-refractivity contribution in [2.24, 2.45) is 4.99 Å². The van der Waals surface area contributed by atoms with Crippen LogP contribution in [0.15, 0.2) is 59.6 Å². The summed E-state index contributed by atoms with van der Waals surface area (Å²) < 4.78 is 5.67. The Balaban J connectivity index is 2.49. The SMILES string of the molecule is CCOC(=Nc1ccccc1C(C)(C)O)c1ccccc1. The highest BCUT2D eigenvalue weighted by Crippen LogP contribution is 2.30. The number of para-hydroxylation sites is 1. The van der Waals surface area contributed by atoms with Crippen LogP contribution in [0.1, 0.15) is 31.9 Å². The van der Waals surface area contributed by atoms with Crippen LogP contribution in [-0.4, -0.2) is 17.6 Å². The third-order valence-electron chi connectivity index (χ3n) is 3.09. The number of benzene rings is 2. The summed E-state index contributed by atoms with van der Waals surface area (Å²) >= 11 is 0. The lowest BCUT2D eigenvalue weighted by Crippen LogP contribution is -2.16. The summed E-state index contributed by atoms with van der Waals surface area (Å²) in [7, 11) is 0. The summed E-state index contributed by atoms with van der Waals surface area (Å²) in [5, 5.41) is 10.3. The molecule has 0 fully saturated rings. The standard InChI is InChI=1S/C18H21NO2/c1-4-21-17(14-10-6-5-7-11-14)19-16-13-9-8-12-15(16)18(2,3)20/h5-13,20H,4H2,1-3H3. The Morgan fingerprint density at radius 2 is 1.67 bits per heavy atom. The van der Waals surface area contributed by atoms with Gasteiger partial charge in [0.1, 0.15) is 0 Å². The number of rotatable bonds is 4. The largest absolute Gasteiger partial charge is 0.478 e. The molecule has 3 heteroatoms. The molecule has 2 aromatic rings. The molecule has 0 aromatic heterocycles. The minimum atomic E-state index is -0.950. The normalized spacial score (nSPS) is 12.3. The highest BCUT2D eigenvalue weighted by molar-refractivity contribution is 5.96. The van der Waals surface area contributed by atoms with Crippen molar-refractivity contribution in [2.75, 3.05) is 6.61 Å². The number of aliphatic imine (C=N–C) groups is 1. The van der Waals surface area contributed by atoms with E-state index in [0.29, 0.717) is 12.5 Å². The van der Waals surface area contributed by atoms with Crippen LogP contribution in [0.4, 0.5) is 5.69 Å². The molecule has 0 aliphatic rings. The fourth-order valence-electron chi connectivity index (χ4n) is 2.10. The number of hydrogen-bond acceptors (Lipinski definition) is 3. The lowest BCUT2D eigenvalue weighted by molar-refractivity contribution is 0.0792. The molecule has 21 heavy (non-hydrogen) atoms. The molecule has 2 rings (SSSR count). The molecular weight excluding hydrogens is 262 g/mol. The molecule has 0 bridgehead atoms. The van der Waals surface area contributed by atoms with Gasteiger partial charge in [-0.3, -0.25) is 0 Å².